The fourth-order valence-corrected chi connectivity index (χ4v) is 2.83. The predicted octanol–water partition coefficient (Wildman–Crippen LogP) is 0.845. The molecule has 3 rings (SSSR count). The van der Waals surface area contributed by atoms with Crippen LogP contribution in [0.25, 0.3) is 0 Å². The van der Waals surface area contributed by atoms with Gasteiger partial charge in [-0.2, -0.15) is 10.4 Å². The Bertz CT molecular complexity index is 524. The van der Waals surface area contributed by atoms with Gasteiger partial charge < -0.3 is 16.4 Å². The number of nitrogens with two attached hydrogens (primary N) is 2. The Morgan fingerprint density at radius 1 is 1.42 bits per heavy atom. The molecule has 6 nitrogen and oxygen atoms in total. The summed E-state index contributed by atoms with van der Waals surface area (Å²) in [7, 11) is 0. The van der Waals surface area contributed by atoms with E-state index >= 15 is 0 Å². The van der Waals surface area contributed by atoms with Crippen molar-refractivity contribution in [3.63, 3.8) is 0 Å². The van der Waals surface area contributed by atoms with Gasteiger partial charge in [-0.15, -0.1) is 0 Å². The van der Waals surface area contributed by atoms with Crippen LogP contribution in [0.2, 0.25) is 0 Å². The molecule has 4 N–H and O–H groups in total. The topological polar surface area (TPSA) is 96.9 Å². The maximum Gasteiger partial charge on any atom is 0.170 e. The number of hydrogen-bond donors (Lipinski definition) is 2. The van der Waals surface area contributed by atoms with Crippen LogP contribution in [0.4, 0.5) is 11.6 Å². The van der Waals surface area contributed by atoms with Crippen molar-refractivity contribution in [3.8, 4) is 6.07 Å². The van der Waals surface area contributed by atoms with Gasteiger partial charge in [0.2, 0.25) is 0 Å². The lowest BCUT2D eigenvalue weighted by Crippen LogP contribution is -2.27. The quantitative estimate of drug-likeness (QED) is 0.839. The zero-order chi connectivity index (χ0) is 13.6. The molecule has 2 aliphatic rings. The highest BCUT2D eigenvalue weighted by molar-refractivity contribution is 5.65. The van der Waals surface area contributed by atoms with E-state index in [0.717, 1.165) is 19.5 Å². The second kappa shape index (κ2) is 4.42. The van der Waals surface area contributed by atoms with E-state index in [9.17, 15) is 5.26 Å². The first-order valence-electron chi connectivity index (χ1n) is 6.90. The average Bonchev–Trinajstić information content (AvgIpc) is 3.07. The molecule has 102 valence electrons. The van der Waals surface area contributed by atoms with Crippen molar-refractivity contribution in [2.45, 2.75) is 38.3 Å². The Labute approximate surface area is 113 Å². The van der Waals surface area contributed by atoms with Crippen LogP contribution in [-0.4, -0.2) is 28.9 Å². The molecule has 2 atom stereocenters. The summed E-state index contributed by atoms with van der Waals surface area (Å²) in [6, 6.07) is 2.64. The molecule has 2 heterocycles. The highest BCUT2D eigenvalue weighted by Crippen LogP contribution is 2.41. The molecule has 19 heavy (non-hydrogen) atoms. The van der Waals surface area contributed by atoms with Crippen molar-refractivity contribution in [2.24, 2.45) is 11.7 Å². The summed E-state index contributed by atoms with van der Waals surface area (Å²) >= 11 is 0. The molecule has 6 heteroatoms. The molecule has 0 spiro atoms. The van der Waals surface area contributed by atoms with Crippen molar-refractivity contribution in [1.82, 2.24) is 9.78 Å². The summed E-state index contributed by atoms with van der Waals surface area (Å²) < 4.78 is 1.83. The lowest BCUT2D eigenvalue weighted by Gasteiger charge is -2.15. The van der Waals surface area contributed by atoms with Crippen molar-refractivity contribution in [2.75, 3.05) is 23.7 Å². The van der Waals surface area contributed by atoms with Gasteiger partial charge in [-0.25, -0.2) is 4.68 Å². The van der Waals surface area contributed by atoms with Crippen molar-refractivity contribution in [3.05, 3.63) is 5.56 Å². The van der Waals surface area contributed by atoms with Gasteiger partial charge in [0, 0.05) is 19.1 Å². The van der Waals surface area contributed by atoms with Crippen molar-refractivity contribution >= 4 is 11.6 Å². The standard InChI is InChI=1S/C13H20N6/c1-8(9-2-3-9)19-12(16)11(6-14)13(17-19)18-5-4-10(15)7-18/h8-10H,2-5,7,15-16H2,1H3. The molecule has 1 aliphatic heterocycles. The Morgan fingerprint density at radius 2 is 2.16 bits per heavy atom. The Balaban J connectivity index is 1.95. The number of rotatable bonds is 3. The Morgan fingerprint density at radius 3 is 2.68 bits per heavy atom. The second-order valence-electron chi connectivity index (χ2n) is 5.71. The second-order valence-corrected chi connectivity index (χ2v) is 5.71. The molecule has 1 saturated heterocycles. The van der Waals surface area contributed by atoms with E-state index in [-0.39, 0.29) is 12.1 Å². The molecule has 0 radical (unpaired) electrons. The molecule has 0 bridgehead atoms. The van der Waals surface area contributed by atoms with Gasteiger partial charge in [0.15, 0.2) is 5.82 Å². The molecule has 2 unspecified atom stereocenters. The highest BCUT2D eigenvalue weighted by atomic mass is 15.4. The molecule has 1 aromatic heterocycles. The van der Waals surface area contributed by atoms with Gasteiger partial charge in [-0.1, -0.05) is 0 Å². The first-order valence-corrected chi connectivity index (χ1v) is 6.90. The van der Waals surface area contributed by atoms with E-state index in [1.807, 2.05) is 4.68 Å². The molecule has 0 amide bonds. The monoisotopic (exact) mass is 260 g/mol. The van der Waals surface area contributed by atoms with Crippen molar-refractivity contribution in [1.29, 1.82) is 5.26 Å². The van der Waals surface area contributed by atoms with Gasteiger partial charge in [-0.05, 0) is 32.1 Å². The van der Waals surface area contributed by atoms with E-state index in [0.29, 0.717) is 23.1 Å². The fourth-order valence-electron chi connectivity index (χ4n) is 2.83. The summed E-state index contributed by atoms with van der Waals surface area (Å²) in [5.74, 6) is 1.86. The number of nitrogens with zero attached hydrogens (tertiary/aromatic N) is 4. The van der Waals surface area contributed by atoms with E-state index < -0.39 is 0 Å². The number of aromatic nitrogens is 2. The predicted molar refractivity (Wildman–Crippen MR) is 73.6 cm³/mol. The average molecular weight is 260 g/mol. The lowest BCUT2D eigenvalue weighted by molar-refractivity contribution is 0.446. The first-order chi connectivity index (χ1) is 9.11. The lowest BCUT2D eigenvalue weighted by atomic mass is 10.2. The van der Waals surface area contributed by atoms with Crippen LogP contribution >= 0.6 is 0 Å². The minimum atomic E-state index is 0.166. The SMILES string of the molecule is CC(C1CC1)n1nc(N2CCC(N)C2)c(C#N)c1N. The van der Waals surface area contributed by atoms with Gasteiger partial charge in [0.1, 0.15) is 17.5 Å². The van der Waals surface area contributed by atoms with E-state index in [1.165, 1.54) is 12.8 Å². The van der Waals surface area contributed by atoms with Crippen LogP contribution in [0, 0.1) is 17.2 Å². The summed E-state index contributed by atoms with van der Waals surface area (Å²) in [5.41, 5.74) is 12.5. The normalized spacial score (nSPS) is 24.5. The van der Waals surface area contributed by atoms with E-state index in [4.69, 9.17) is 11.5 Å². The largest absolute Gasteiger partial charge is 0.383 e. The molecule has 1 saturated carbocycles. The van der Waals surface area contributed by atoms with Gasteiger partial charge in [0.25, 0.3) is 0 Å². The number of anilines is 2. The van der Waals surface area contributed by atoms with Crippen LogP contribution in [0.3, 0.4) is 0 Å². The highest BCUT2D eigenvalue weighted by Gasteiger charge is 2.33. The zero-order valence-corrected chi connectivity index (χ0v) is 11.2. The number of nitriles is 1. The van der Waals surface area contributed by atoms with Crippen LogP contribution in [-0.2, 0) is 0 Å². The van der Waals surface area contributed by atoms with Gasteiger partial charge >= 0.3 is 0 Å². The molecule has 2 fully saturated rings. The maximum absolute atomic E-state index is 9.33. The van der Waals surface area contributed by atoms with Gasteiger partial charge in [0.05, 0.1) is 6.04 Å². The smallest absolute Gasteiger partial charge is 0.170 e. The van der Waals surface area contributed by atoms with Crippen LogP contribution in [0.5, 0.6) is 0 Å². The van der Waals surface area contributed by atoms with Crippen LogP contribution in [0.1, 0.15) is 37.8 Å². The Kier molecular flexibility index (Phi) is 2.86. The molecule has 0 aromatic carbocycles. The fraction of sp³-hybridized carbons (Fsp3) is 0.692. The summed E-state index contributed by atoms with van der Waals surface area (Å²) in [4.78, 5) is 2.08. The minimum Gasteiger partial charge on any atom is -0.383 e. The van der Waals surface area contributed by atoms with E-state index in [1.54, 1.807) is 0 Å². The molecular weight excluding hydrogens is 240 g/mol. The molecule has 1 aromatic rings. The van der Waals surface area contributed by atoms with Crippen molar-refractivity contribution < 1.29 is 0 Å². The Hall–Kier alpha value is -1.74. The summed E-state index contributed by atoms with van der Waals surface area (Å²) in [5, 5.41) is 13.9. The number of hydrogen-bond acceptors (Lipinski definition) is 5. The minimum absolute atomic E-state index is 0.166. The van der Waals surface area contributed by atoms with Gasteiger partial charge in [-0.3, -0.25) is 0 Å². The summed E-state index contributed by atoms with van der Waals surface area (Å²) in [6.07, 6.45) is 3.40. The molecule has 1 aliphatic carbocycles. The summed E-state index contributed by atoms with van der Waals surface area (Å²) in [6.45, 7) is 3.73. The molecular formula is C13H20N6. The third-order valence-electron chi connectivity index (χ3n) is 4.26. The number of nitrogen functional groups attached to an aromatic ring is 1. The first kappa shape index (κ1) is 12.3. The van der Waals surface area contributed by atoms with Crippen LogP contribution in [0.15, 0.2) is 0 Å². The maximum atomic E-state index is 9.33. The van der Waals surface area contributed by atoms with Crippen LogP contribution < -0.4 is 16.4 Å². The zero-order valence-electron chi connectivity index (χ0n) is 11.2. The third kappa shape index (κ3) is 2.04. The third-order valence-corrected chi connectivity index (χ3v) is 4.26. The van der Waals surface area contributed by atoms with E-state index in [2.05, 4.69) is 23.0 Å².